The highest BCUT2D eigenvalue weighted by Gasteiger charge is 2.23. The van der Waals surface area contributed by atoms with Crippen LogP contribution in [0.1, 0.15) is 40.3 Å². The van der Waals surface area contributed by atoms with Gasteiger partial charge in [0.05, 0.1) is 11.4 Å². The molecular formula is C21H25FN4O2. The van der Waals surface area contributed by atoms with Crippen LogP contribution in [0.3, 0.4) is 0 Å². The number of amides is 1. The van der Waals surface area contributed by atoms with E-state index in [2.05, 4.69) is 15.3 Å². The quantitative estimate of drug-likeness (QED) is 0.696. The van der Waals surface area contributed by atoms with Crippen LogP contribution >= 0.6 is 0 Å². The predicted molar refractivity (Wildman–Crippen MR) is 107 cm³/mol. The van der Waals surface area contributed by atoms with E-state index in [9.17, 15) is 14.3 Å². The second kappa shape index (κ2) is 7.31. The highest BCUT2D eigenvalue weighted by Crippen LogP contribution is 2.27. The fourth-order valence-electron chi connectivity index (χ4n) is 2.74. The van der Waals surface area contributed by atoms with Crippen LogP contribution in [0.4, 0.5) is 10.3 Å². The number of carbonyl (C=O) groups excluding carboxylic acids is 1. The Morgan fingerprint density at radius 3 is 2.32 bits per heavy atom. The lowest BCUT2D eigenvalue weighted by atomic mass is 9.97. The number of aliphatic hydroxyl groups is 1. The van der Waals surface area contributed by atoms with Crippen LogP contribution in [0.5, 0.6) is 0 Å². The third kappa shape index (κ3) is 3.89. The summed E-state index contributed by atoms with van der Waals surface area (Å²) in [4.78, 5) is 21.7. The largest absolute Gasteiger partial charge is 0.384 e. The summed E-state index contributed by atoms with van der Waals surface area (Å²) in [7, 11) is 0. The molecule has 148 valence electrons. The van der Waals surface area contributed by atoms with Gasteiger partial charge in [0, 0.05) is 5.92 Å². The molecule has 0 spiro atoms. The van der Waals surface area contributed by atoms with Crippen molar-refractivity contribution in [2.75, 3.05) is 5.32 Å². The molecule has 7 heteroatoms. The second-order valence-corrected chi connectivity index (χ2v) is 7.87. The van der Waals surface area contributed by atoms with Crippen molar-refractivity contribution >= 4 is 23.0 Å². The Balaban J connectivity index is 2.18. The Morgan fingerprint density at radius 1 is 1.11 bits per heavy atom. The Labute approximate surface area is 163 Å². The maximum absolute atomic E-state index is 13.4. The van der Waals surface area contributed by atoms with Gasteiger partial charge in [0.2, 0.25) is 11.9 Å². The van der Waals surface area contributed by atoms with E-state index in [-0.39, 0.29) is 23.6 Å². The molecule has 0 fully saturated rings. The van der Waals surface area contributed by atoms with Crippen molar-refractivity contribution in [3.05, 3.63) is 47.9 Å². The number of carbonyl (C=O) groups is 1. The van der Waals surface area contributed by atoms with Gasteiger partial charge in [0.25, 0.3) is 0 Å². The van der Waals surface area contributed by atoms with Gasteiger partial charge in [0.15, 0.2) is 5.65 Å². The maximum Gasteiger partial charge on any atom is 0.229 e. The van der Waals surface area contributed by atoms with Crippen molar-refractivity contribution in [2.24, 2.45) is 11.8 Å². The summed E-state index contributed by atoms with van der Waals surface area (Å²) >= 11 is 0. The summed E-state index contributed by atoms with van der Waals surface area (Å²) in [5.41, 5.74) is 0.971. The number of anilines is 1. The molecule has 3 rings (SSSR count). The van der Waals surface area contributed by atoms with Gasteiger partial charge in [-0.3, -0.25) is 14.7 Å². The third-order valence-corrected chi connectivity index (χ3v) is 4.86. The summed E-state index contributed by atoms with van der Waals surface area (Å²) < 4.78 is 15.1. The Bertz CT molecular complexity index is 1000. The van der Waals surface area contributed by atoms with E-state index >= 15 is 0 Å². The first-order valence-corrected chi connectivity index (χ1v) is 9.27. The van der Waals surface area contributed by atoms with Gasteiger partial charge in [-0.2, -0.15) is 0 Å². The van der Waals surface area contributed by atoms with Crippen LogP contribution in [-0.2, 0) is 10.4 Å². The number of aromatic nitrogens is 3. The first kappa shape index (κ1) is 19.9. The molecule has 0 aliphatic carbocycles. The molecule has 0 radical (unpaired) electrons. The lowest BCUT2D eigenvalue weighted by Gasteiger charge is -2.17. The zero-order valence-electron chi connectivity index (χ0n) is 16.7. The number of benzene rings is 1. The summed E-state index contributed by atoms with van der Waals surface area (Å²) in [6, 6.07) is 9.31. The number of nitrogens with one attached hydrogen (secondary N) is 1. The zero-order valence-corrected chi connectivity index (χ0v) is 16.7. The van der Waals surface area contributed by atoms with Gasteiger partial charge in [-0.05, 0) is 56.2 Å². The molecule has 6 nitrogen and oxygen atoms in total. The molecule has 2 heterocycles. The summed E-state index contributed by atoms with van der Waals surface area (Å²) in [6.07, 6.45) is 0. The van der Waals surface area contributed by atoms with Crippen LogP contribution < -0.4 is 5.32 Å². The number of fused-ring (bicyclic) bond motifs is 1. The van der Waals surface area contributed by atoms with Crippen LogP contribution in [0.15, 0.2) is 36.4 Å². The van der Waals surface area contributed by atoms with E-state index < -0.39 is 5.60 Å². The molecule has 0 unspecified atom stereocenters. The molecule has 0 aliphatic heterocycles. The van der Waals surface area contributed by atoms with E-state index in [0.29, 0.717) is 28.5 Å². The SMILES string of the molecule is CC(C)[C@H](C)C(=O)Nc1nc2ccc(C(C)(C)O)nc2n1-c1ccc(F)cc1. The van der Waals surface area contributed by atoms with Crippen LogP contribution in [0.2, 0.25) is 0 Å². The van der Waals surface area contributed by atoms with Crippen molar-refractivity contribution < 1.29 is 14.3 Å². The average Bonchev–Trinajstić information content (AvgIpc) is 2.97. The van der Waals surface area contributed by atoms with E-state index in [1.165, 1.54) is 12.1 Å². The molecule has 0 bridgehead atoms. The van der Waals surface area contributed by atoms with Gasteiger partial charge in [0.1, 0.15) is 16.9 Å². The minimum atomic E-state index is -1.14. The maximum atomic E-state index is 13.4. The number of halogens is 1. The number of hydrogen-bond donors (Lipinski definition) is 2. The average molecular weight is 384 g/mol. The van der Waals surface area contributed by atoms with E-state index in [4.69, 9.17) is 0 Å². The van der Waals surface area contributed by atoms with Gasteiger partial charge in [-0.15, -0.1) is 0 Å². The summed E-state index contributed by atoms with van der Waals surface area (Å²) in [6.45, 7) is 9.10. The molecule has 0 saturated carbocycles. The number of pyridine rings is 1. The number of nitrogens with zero attached hydrogens (tertiary/aromatic N) is 3. The smallest absolute Gasteiger partial charge is 0.229 e. The van der Waals surface area contributed by atoms with E-state index in [1.807, 2.05) is 20.8 Å². The van der Waals surface area contributed by atoms with Crippen LogP contribution in [0.25, 0.3) is 16.9 Å². The lowest BCUT2D eigenvalue weighted by Crippen LogP contribution is -2.25. The minimum Gasteiger partial charge on any atom is -0.384 e. The summed E-state index contributed by atoms with van der Waals surface area (Å²) in [5, 5.41) is 13.2. The van der Waals surface area contributed by atoms with Crippen LogP contribution in [0, 0.1) is 17.7 Å². The topological polar surface area (TPSA) is 80.0 Å². The highest BCUT2D eigenvalue weighted by molar-refractivity contribution is 5.93. The monoisotopic (exact) mass is 384 g/mol. The van der Waals surface area contributed by atoms with Gasteiger partial charge in [-0.25, -0.2) is 14.4 Å². The second-order valence-electron chi connectivity index (χ2n) is 7.87. The fourth-order valence-corrected chi connectivity index (χ4v) is 2.74. The van der Waals surface area contributed by atoms with Gasteiger partial charge >= 0.3 is 0 Å². The molecular weight excluding hydrogens is 359 g/mol. The van der Waals surface area contributed by atoms with Crippen molar-refractivity contribution in [1.82, 2.24) is 14.5 Å². The van der Waals surface area contributed by atoms with Crippen molar-refractivity contribution in [3.63, 3.8) is 0 Å². The normalized spacial score (nSPS) is 13.1. The first-order chi connectivity index (χ1) is 13.1. The minimum absolute atomic E-state index is 0.156. The zero-order chi connectivity index (χ0) is 20.6. The number of hydrogen-bond acceptors (Lipinski definition) is 4. The Hall–Kier alpha value is -2.80. The first-order valence-electron chi connectivity index (χ1n) is 9.27. The van der Waals surface area contributed by atoms with Crippen LogP contribution in [-0.4, -0.2) is 25.5 Å². The molecule has 0 aliphatic rings. The molecule has 1 amide bonds. The molecule has 1 aromatic carbocycles. The fraction of sp³-hybridized carbons (Fsp3) is 0.381. The lowest BCUT2D eigenvalue weighted by molar-refractivity contribution is -0.120. The number of imidazole rings is 1. The molecule has 1 atom stereocenters. The summed E-state index contributed by atoms with van der Waals surface area (Å²) in [5.74, 6) is -0.252. The molecule has 2 aromatic heterocycles. The number of rotatable bonds is 5. The molecule has 28 heavy (non-hydrogen) atoms. The Morgan fingerprint density at radius 2 is 1.75 bits per heavy atom. The van der Waals surface area contributed by atoms with Crippen molar-refractivity contribution in [2.45, 2.75) is 40.2 Å². The van der Waals surface area contributed by atoms with Gasteiger partial charge < -0.3 is 5.11 Å². The highest BCUT2D eigenvalue weighted by atomic mass is 19.1. The van der Waals surface area contributed by atoms with Crippen molar-refractivity contribution in [3.8, 4) is 5.69 Å². The Kier molecular flexibility index (Phi) is 5.21. The van der Waals surface area contributed by atoms with E-state index in [0.717, 1.165) is 0 Å². The molecule has 0 saturated heterocycles. The standard InChI is InChI=1S/C21H25FN4O2/c1-12(2)13(3)19(27)25-20-23-16-10-11-17(21(4,5)28)24-18(16)26(20)15-8-6-14(22)7-9-15/h6-13,28H,1-5H3,(H,23,25,27)/t13-/m0/s1. The van der Waals surface area contributed by atoms with Crippen molar-refractivity contribution in [1.29, 1.82) is 0 Å². The molecule has 2 N–H and O–H groups in total. The third-order valence-electron chi connectivity index (χ3n) is 4.86. The van der Waals surface area contributed by atoms with E-state index in [1.54, 1.807) is 42.7 Å². The van der Waals surface area contributed by atoms with Gasteiger partial charge in [-0.1, -0.05) is 20.8 Å². The molecule has 3 aromatic rings. The predicted octanol–water partition coefficient (Wildman–Crippen LogP) is 4.02.